The molecule has 1 rings (SSSR count). The lowest BCUT2D eigenvalue weighted by molar-refractivity contribution is 0.0979. The van der Waals surface area contributed by atoms with E-state index in [0.717, 1.165) is 43.7 Å². The van der Waals surface area contributed by atoms with E-state index in [1.807, 2.05) is 0 Å². The van der Waals surface area contributed by atoms with Gasteiger partial charge in [-0.3, -0.25) is 0 Å². The second-order valence-electron chi connectivity index (χ2n) is 5.56. The van der Waals surface area contributed by atoms with E-state index in [1.54, 1.807) is 7.11 Å². The molecule has 0 amide bonds. The Bertz CT molecular complexity index is 385. The van der Waals surface area contributed by atoms with E-state index in [-0.39, 0.29) is 0 Å². The summed E-state index contributed by atoms with van der Waals surface area (Å²) in [7, 11) is 1.72. The van der Waals surface area contributed by atoms with Crippen molar-refractivity contribution in [3.8, 4) is 0 Å². The maximum absolute atomic E-state index is 5.71. The monoisotopic (exact) mass is 357 g/mol. The number of benzene rings is 1. The van der Waals surface area contributed by atoms with Crippen LogP contribution < -0.4 is 5.32 Å². The zero-order valence-corrected chi connectivity index (χ0v) is 15.0. The Balaban J connectivity index is 2.45. The SMILES string of the molecule is COCCCOCCC(CNC(C)C)c1cccc(Br)c1. The Hall–Kier alpha value is -0.420. The van der Waals surface area contributed by atoms with Crippen molar-refractivity contribution in [1.29, 1.82) is 0 Å². The highest BCUT2D eigenvalue weighted by Gasteiger charge is 2.12. The van der Waals surface area contributed by atoms with Crippen LogP contribution in [0.3, 0.4) is 0 Å². The first kappa shape index (κ1) is 18.6. The standard InChI is InChI=1S/C17H28BrNO2/c1-14(2)19-13-16(8-11-21-10-5-9-20-3)15-6-4-7-17(18)12-15/h4,6-7,12,14,16,19H,5,8-11,13H2,1-3H3. The van der Waals surface area contributed by atoms with Gasteiger partial charge < -0.3 is 14.8 Å². The lowest BCUT2D eigenvalue weighted by Gasteiger charge is -2.20. The summed E-state index contributed by atoms with van der Waals surface area (Å²) in [5.74, 6) is 0.479. The van der Waals surface area contributed by atoms with Gasteiger partial charge in [0, 0.05) is 44.0 Å². The zero-order chi connectivity index (χ0) is 15.5. The average Bonchev–Trinajstić information content (AvgIpc) is 2.45. The molecule has 0 saturated carbocycles. The third-order valence-electron chi connectivity index (χ3n) is 3.34. The van der Waals surface area contributed by atoms with Gasteiger partial charge in [0.1, 0.15) is 0 Å². The Morgan fingerprint density at radius 2 is 2.00 bits per heavy atom. The molecule has 0 radical (unpaired) electrons. The number of hydrogen-bond acceptors (Lipinski definition) is 3. The second-order valence-corrected chi connectivity index (χ2v) is 6.48. The van der Waals surface area contributed by atoms with Crippen molar-refractivity contribution in [2.75, 3.05) is 33.5 Å². The molecule has 3 nitrogen and oxygen atoms in total. The summed E-state index contributed by atoms with van der Waals surface area (Å²) in [6.07, 6.45) is 1.99. The van der Waals surface area contributed by atoms with Crippen LogP contribution in [0, 0.1) is 0 Å². The average molecular weight is 358 g/mol. The Morgan fingerprint density at radius 1 is 1.19 bits per heavy atom. The zero-order valence-electron chi connectivity index (χ0n) is 13.4. The van der Waals surface area contributed by atoms with E-state index in [0.29, 0.717) is 12.0 Å². The number of nitrogens with one attached hydrogen (secondary N) is 1. The van der Waals surface area contributed by atoms with E-state index in [2.05, 4.69) is 59.4 Å². The molecule has 120 valence electrons. The van der Waals surface area contributed by atoms with Crippen LogP contribution in [0.1, 0.15) is 38.2 Å². The molecule has 21 heavy (non-hydrogen) atoms. The van der Waals surface area contributed by atoms with Crippen molar-refractivity contribution in [1.82, 2.24) is 5.32 Å². The summed E-state index contributed by atoms with van der Waals surface area (Å²) in [6.45, 7) is 7.68. The summed E-state index contributed by atoms with van der Waals surface area (Å²) in [4.78, 5) is 0. The highest BCUT2D eigenvalue weighted by molar-refractivity contribution is 9.10. The molecule has 0 heterocycles. The van der Waals surface area contributed by atoms with Crippen LogP contribution in [0.25, 0.3) is 0 Å². The van der Waals surface area contributed by atoms with Gasteiger partial charge in [-0.1, -0.05) is 41.9 Å². The molecule has 0 aromatic heterocycles. The third kappa shape index (κ3) is 8.57. The fourth-order valence-electron chi connectivity index (χ4n) is 2.16. The molecule has 1 aromatic carbocycles. The summed E-state index contributed by atoms with van der Waals surface area (Å²) < 4.78 is 11.9. The first-order chi connectivity index (χ1) is 10.1. The summed E-state index contributed by atoms with van der Waals surface area (Å²) in [5.41, 5.74) is 1.36. The Morgan fingerprint density at radius 3 is 2.67 bits per heavy atom. The summed E-state index contributed by atoms with van der Waals surface area (Å²) >= 11 is 3.56. The van der Waals surface area contributed by atoms with E-state index in [4.69, 9.17) is 9.47 Å². The molecule has 1 unspecified atom stereocenters. The molecule has 1 atom stereocenters. The molecule has 1 aromatic rings. The van der Waals surface area contributed by atoms with E-state index in [9.17, 15) is 0 Å². The van der Waals surface area contributed by atoms with Crippen LogP contribution >= 0.6 is 15.9 Å². The van der Waals surface area contributed by atoms with Gasteiger partial charge >= 0.3 is 0 Å². The number of methoxy groups -OCH3 is 1. The second kappa shape index (κ2) is 11.2. The van der Waals surface area contributed by atoms with Crippen molar-refractivity contribution >= 4 is 15.9 Å². The van der Waals surface area contributed by atoms with Gasteiger partial charge in [0.05, 0.1) is 0 Å². The molecule has 0 saturated heterocycles. The lowest BCUT2D eigenvalue weighted by atomic mass is 9.96. The molecule has 0 aliphatic heterocycles. The molecule has 0 fully saturated rings. The van der Waals surface area contributed by atoms with Gasteiger partial charge in [-0.2, -0.15) is 0 Å². The van der Waals surface area contributed by atoms with Crippen molar-refractivity contribution in [2.45, 2.75) is 38.6 Å². The number of halogens is 1. The summed E-state index contributed by atoms with van der Waals surface area (Å²) in [6, 6.07) is 9.07. The van der Waals surface area contributed by atoms with Crippen LogP contribution in [0.5, 0.6) is 0 Å². The number of hydrogen-bond donors (Lipinski definition) is 1. The quantitative estimate of drug-likeness (QED) is 0.607. The molecule has 0 spiro atoms. The van der Waals surface area contributed by atoms with E-state index in [1.165, 1.54) is 5.56 Å². The Labute approximate surface area is 137 Å². The molecule has 4 heteroatoms. The maximum atomic E-state index is 5.71. The van der Waals surface area contributed by atoms with Crippen LogP contribution in [0.15, 0.2) is 28.7 Å². The van der Waals surface area contributed by atoms with Crippen LogP contribution in [-0.2, 0) is 9.47 Å². The minimum absolute atomic E-state index is 0.479. The van der Waals surface area contributed by atoms with Crippen molar-refractivity contribution in [3.05, 3.63) is 34.3 Å². The molecule has 0 aliphatic carbocycles. The predicted octanol–water partition coefficient (Wildman–Crippen LogP) is 3.97. The number of ether oxygens (including phenoxy) is 2. The summed E-state index contributed by atoms with van der Waals surface area (Å²) in [5, 5.41) is 3.53. The molecular weight excluding hydrogens is 330 g/mol. The first-order valence-electron chi connectivity index (χ1n) is 7.69. The minimum atomic E-state index is 0.479. The van der Waals surface area contributed by atoms with Crippen molar-refractivity contribution < 1.29 is 9.47 Å². The smallest absolute Gasteiger partial charge is 0.0487 e. The Kier molecular flexibility index (Phi) is 9.92. The van der Waals surface area contributed by atoms with Gasteiger partial charge in [-0.15, -0.1) is 0 Å². The van der Waals surface area contributed by atoms with Gasteiger partial charge in [-0.25, -0.2) is 0 Å². The van der Waals surface area contributed by atoms with Crippen LogP contribution in [0.4, 0.5) is 0 Å². The normalized spacial score (nSPS) is 12.8. The molecule has 0 bridgehead atoms. The van der Waals surface area contributed by atoms with Gasteiger partial charge in [-0.05, 0) is 36.5 Å². The third-order valence-corrected chi connectivity index (χ3v) is 3.83. The largest absolute Gasteiger partial charge is 0.385 e. The van der Waals surface area contributed by atoms with Crippen LogP contribution in [-0.4, -0.2) is 39.5 Å². The highest BCUT2D eigenvalue weighted by atomic mass is 79.9. The van der Waals surface area contributed by atoms with Crippen molar-refractivity contribution in [2.24, 2.45) is 0 Å². The fourth-order valence-corrected chi connectivity index (χ4v) is 2.57. The van der Waals surface area contributed by atoms with E-state index >= 15 is 0 Å². The van der Waals surface area contributed by atoms with Gasteiger partial charge in [0.2, 0.25) is 0 Å². The van der Waals surface area contributed by atoms with Gasteiger partial charge in [0.25, 0.3) is 0 Å². The van der Waals surface area contributed by atoms with Crippen LogP contribution in [0.2, 0.25) is 0 Å². The minimum Gasteiger partial charge on any atom is -0.385 e. The molecular formula is C17H28BrNO2. The van der Waals surface area contributed by atoms with Gasteiger partial charge in [0.15, 0.2) is 0 Å². The first-order valence-corrected chi connectivity index (χ1v) is 8.48. The topological polar surface area (TPSA) is 30.5 Å². The molecule has 1 N–H and O–H groups in total. The molecule has 0 aliphatic rings. The fraction of sp³-hybridized carbons (Fsp3) is 0.647. The number of rotatable bonds is 11. The van der Waals surface area contributed by atoms with Crippen molar-refractivity contribution in [3.63, 3.8) is 0 Å². The highest BCUT2D eigenvalue weighted by Crippen LogP contribution is 2.22. The predicted molar refractivity (Wildman–Crippen MR) is 92.0 cm³/mol. The maximum Gasteiger partial charge on any atom is 0.0487 e. The lowest BCUT2D eigenvalue weighted by Crippen LogP contribution is -2.28. The van der Waals surface area contributed by atoms with E-state index < -0.39 is 0 Å².